The Morgan fingerprint density at radius 3 is 2.33 bits per heavy atom. The SMILES string of the molecule is [2H]C([2H])(OS(=O)(=O)c1ccc(C)cc1)C([2H])([2H])C([2H])([2H])C(F)(F)F. The zero-order valence-corrected chi connectivity index (χ0v) is 9.89. The van der Waals surface area contributed by atoms with E-state index in [1.165, 1.54) is 12.1 Å². The molecule has 0 unspecified atom stereocenters. The van der Waals surface area contributed by atoms with Crippen LogP contribution in [0.3, 0.4) is 0 Å². The second-order valence-electron chi connectivity index (χ2n) is 3.20. The lowest BCUT2D eigenvalue weighted by Gasteiger charge is -2.07. The van der Waals surface area contributed by atoms with Gasteiger partial charge >= 0.3 is 6.18 Å². The first kappa shape index (κ1) is 8.16. The van der Waals surface area contributed by atoms with Gasteiger partial charge in [-0.3, -0.25) is 4.18 Å². The molecule has 18 heavy (non-hydrogen) atoms. The lowest BCUT2D eigenvalue weighted by molar-refractivity contribution is -0.136. The van der Waals surface area contributed by atoms with Crippen molar-refractivity contribution >= 4 is 10.1 Å². The normalized spacial score (nSPS) is 20.0. The van der Waals surface area contributed by atoms with E-state index in [-0.39, 0.29) is 0 Å². The molecule has 0 saturated heterocycles. The average molecular weight is 288 g/mol. The summed E-state index contributed by atoms with van der Waals surface area (Å²) in [5, 5.41) is 0. The topological polar surface area (TPSA) is 43.4 Å². The Kier molecular flexibility index (Phi) is 2.59. The molecule has 1 aromatic carbocycles. The molecule has 0 aliphatic carbocycles. The molecule has 0 atom stereocenters. The zero-order chi connectivity index (χ0) is 19.2. The van der Waals surface area contributed by atoms with Crippen LogP contribution in [-0.2, 0) is 14.3 Å². The predicted molar refractivity (Wildman–Crippen MR) is 59.6 cm³/mol. The van der Waals surface area contributed by atoms with Crippen LogP contribution in [0.15, 0.2) is 29.2 Å². The molecule has 0 bridgehead atoms. The Balaban J connectivity index is 3.27. The number of hydrogen-bond acceptors (Lipinski definition) is 3. The Morgan fingerprint density at radius 1 is 1.28 bits per heavy atom. The maximum absolute atomic E-state index is 12.7. The fraction of sp³-hybridized carbons (Fsp3) is 0.455. The fourth-order valence-corrected chi connectivity index (χ4v) is 1.64. The minimum absolute atomic E-state index is 0.611. The zero-order valence-electron chi connectivity index (χ0n) is 15.1. The van der Waals surface area contributed by atoms with Gasteiger partial charge in [-0.1, -0.05) is 17.7 Å². The quantitative estimate of drug-likeness (QED) is 0.782. The number of benzene rings is 1. The first-order valence-corrected chi connectivity index (χ1v) is 5.95. The monoisotopic (exact) mass is 288 g/mol. The molecule has 0 radical (unpaired) electrons. The highest BCUT2D eigenvalue weighted by Crippen LogP contribution is 2.22. The summed E-state index contributed by atoms with van der Waals surface area (Å²) < 4.78 is 108. The summed E-state index contributed by atoms with van der Waals surface area (Å²) in [6, 6.07) is 4.62. The Morgan fingerprint density at radius 2 is 1.83 bits per heavy atom. The highest BCUT2D eigenvalue weighted by atomic mass is 32.2. The van der Waals surface area contributed by atoms with E-state index < -0.39 is 40.5 Å². The molecular formula is C11H13F3O3S. The fourth-order valence-electron chi connectivity index (χ4n) is 0.925. The minimum Gasteiger partial charge on any atom is -0.266 e. The molecule has 1 aromatic rings. The van der Waals surface area contributed by atoms with Crippen LogP contribution in [0, 0.1) is 6.92 Å². The van der Waals surface area contributed by atoms with Crippen molar-refractivity contribution in [1.82, 2.24) is 0 Å². The van der Waals surface area contributed by atoms with Crippen molar-refractivity contribution in [2.45, 2.75) is 30.7 Å². The molecule has 0 fully saturated rings. The van der Waals surface area contributed by atoms with Crippen LogP contribution in [0.5, 0.6) is 0 Å². The number of alkyl halides is 3. The molecule has 102 valence electrons. The highest BCUT2D eigenvalue weighted by Gasteiger charge is 2.26. The van der Waals surface area contributed by atoms with Crippen LogP contribution in [0.4, 0.5) is 13.2 Å². The Labute approximate surface area is 112 Å². The van der Waals surface area contributed by atoms with Gasteiger partial charge in [-0.25, -0.2) is 0 Å². The maximum atomic E-state index is 12.7. The van der Waals surface area contributed by atoms with Gasteiger partial charge in [-0.2, -0.15) is 21.6 Å². The van der Waals surface area contributed by atoms with Crippen molar-refractivity contribution in [3.63, 3.8) is 0 Å². The summed E-state index contributed by atoms with van der Waals surface area (Å²) in [5.41, 5.74) is 0.640. The van der Waals surface area contributed by atoms with Gasteiger partial charge in [0.2, 0.25) is 0 Å². The van der Waals surface area contributed by atoms with Gasteiger partial charge in [-0.05, 0) is 25.4 Å². The molecule has 0 aliphatic rings. The van der Waals surface area contributed by atoms with E-state index in [0.717, 1.165) is 12.1 Å². The number of aryl methyl sites for hydroxylation is 1. The van der Waals surface area contributed by atoms with E-state index in [0.29, 0.717) is 5.56 Å². The van der Waals surface area contributed by atoms with E-state index in [2.05, 4.69) is 4.18 Å². The van der Waals surface area contributed by atoms with E-state index >= 15 is 0 Å². The molecule has 0 heterocycles. The third-order valence-corrected chi connectivity index (χ3v) is 2.87. The summed E-state index contributed by atoms with van der Waals surface area (Å²) >= 11 is 0. The van der Waals surface area contributed by atoms with Gasteiger partial charge in [0.1, 0.15) is 0 Å². The van der Waals surface area contributed by atoms with Gasteiger partial charge in [0, 0.05) is 11.9 Å². The molecule has 0 saturated carbocycles. The van der Waals surface area contributed by atoms with Crippen molar-refractivity contribution in [3.8, 4) is 0 Å². The number of hydrogen-bond donors (Lipinski definition) is 0. The molecule has 7 heteroatoms. The van der Waals surface area contributed by atoms with E-state index in [1.54, 1.807) is 6.92 Å². The van der Waals surface area contributed by atoms with Crippen LogP contribution in [0.2, 0.25) is 0 Å². The molecule has 0 amide bonds. The van der Waals surface area contributed by atoms with E-state index in [9.17, 15) is 21.6 Å². The summed E-state index contributed by atoms with van der Waals surface area (Å²) in [6.45, 7) is -2.51. The summed E-state index contributed by atoms with van der Waals surface area (Å²) in [5.74, 6) is 0. The number of halogens is 3. The lowest BCUT2D eigenvalue weighted by Crippen LogP contribution is -2.12. The molecule has 3 nitrogen and oxygen atoms in total. The molecule has 0 N–H and O–H groups in total. The van der Waals surface area contributed by atoms with Crippen LogP contribution >= 0.6 is 0 Å². The van der Waals surface area contributed by atoms with Crippen LogP contribution in [0.25, 0.3) is 0 Å². The first-order valence-electron chi connectivity index (χ1n) is 7.55. The molecule has 0 aromatic heterocycles. The van der Waals surface area contributed by atoms with Crippen molar-refractivity contribution in [1.29, 1.82) is 0 Å². The largest absolute Gasteiger partial charge is 0.389 e. The van der Waals surface area contributed by atoms with Crippen LogP contribution in [-0.4, -0.2) is 21.2 Å². The van der Waals surface area contributed by atoms with E-state index in [1.807, 2.05) is 0 Å². The Bertz CT molecular complexity index is 701. The first-order chi connectivity index (χ1) is 10.5. The predicted octanol–water partition coefficient (Wildman–Crippen LogP) is 3.04. The molecular weight excluding hydrogens is 269 g/mol. The molecule has 0 aliphatic heterocycles. The minimum atomic E-state index is -5.79. The summed E-state index contributed by atoms with van der Waals surface area (Å²) in [6.07, 6.45) is -14.8. The van der Waals surface area contributed by atoms with Crippen molar-refractivity contribution in [3.05, 3.63) is 29.8 Å². The second-order valence-corrected chi connectivity index (χ2v) is 4.75. The Hall–Kier alpha value is -1.08. The van der Waals surface area contributed by atoms with Crippen molar-refractivity contribution in [2.75, 3.05) is 6.56 Å². The van der Waals surface area contributed by atoms with Gasteiger partial charge in [-0.15, -0.1) is 0 Å². The molecule has 0 spiro atoms. The van der Waals surface area contributed by atoms with Crippen LogP contribution < -0.4 is 0 Å². The summed E-state index contributed by atoms with van der Waals surface area (Å²) in [4.78, 5) is -0.611. The van der Waals surface area contributed by atoms with Crippen molar-refractivity contribution < 1.29 is 34.0 Å². The molecule has 1 rings (SSSR count). The van der Waals surface area contributed by atoms with Gasteiger partial charge in [0.15, 0.2) is 0 Å². The second kappa shape index (κ2) is 5.71. The third kappa shape index (κ3) is 5.05. The van der Waals surface area contributed by atoms with Gasteiger partial charge in [0.05, 0.1) is 14.2 Å². The van der Waals surface area contributed by atoms with Gasteiger partial charge < -0.3 is 0 Å². The van der Waals surface area contributed by atoms with Crippen LogP contribution in [0.1, 0.15) is 26.5 Å². The highest BCUT2D eigenvalue weighted by molar-refractivity contribution is 7.86. The van der Waals surface area contributed by atoms with E-state index in [4.69, 9.17) is 8.22 Å². The van der Waals surface area contributed by atoms with Gasteiger partial charge in [0.25, 0.3) is 10.1 Å². The average Bonchev–Trinajstić information content (AvgIpc) is 2.36. The standard InChI is InChI=1S/C11H13F3O3S/c1-9-3-5-10(6-4-9)18(15,16)17-8-2-7-11(12,13)14/h3-6H,2,7-8H2,1H3/i2D2,7D2,8D2. The number of rotatable bonds is 5. The van der Waals surface area contributed by atoms with Crippen molar-refractivity contribution in [2.24, 2.45) is 0 Å². The maximum Gasteiger partial charge on any atom is 0.389 e. The summed E-state index contributed by atoms with van der Waals surface area (Å²) in [7, 11) is -4.97. The smallest absolute Gasteiger partial charge is 0.266 e. The lowest BCUT2D eigenvalue weighted by atomic mass is 10.2. The third-order valence-electron chi connectivity index (χ3n) is 1.72.